The van der Waals surface area contributed by atoms with E-state index in [-0.39, 0.29) is 11.8 Å². The molecule has 0 radical (unpaired) electrons. The van der Waals surface area contributed by atoms with E-state index >= 15 is 0 Å². The number of hydrogen-bond acceptors (Lipinski definition) is 5. The van der Waals surface area contributed by atoms with Crippen LogP contribution in [-0.2, 0) is 16.6 Å². The summed E-state index contributed by atoms with van der Waals surface area (Å²) in [6.45, 7) is 5.93. The molecule has 2 aromatic carbocycles. The molecule has 0 saturated carbocycles. The number of nitrogens with zero attached hydrogens (tertiary/aromatic N) is 1. The average Bonchev–Trinajstić information content (AvgIpc) is 3.20. The van der Waals surface area contributed by atoms with Gasteiger partial charge in [0.15, 0.2) is 5.82 Å². The molecule has 1 atom stereocenters. The number of anilines is 3. The highest BCUT2D eigenvalue weighted by molar-refractivity contribution is 5.99. The third-order valence-electron chi connectivity index (χ3n) is 4.64. The molecule has 9 heteroatoms. The number of halogens is 1. The quantitative estimate of drug-likeness (QED) is 0.457. The first-order valence-electron chi connectivity index (χ1n) is 10.1. The van der Waals surface area contributed by atoms with Crippen LogP contribution >= 0.6 is 0 Å². The second-order valence-corrected chi connectivity index (χ2v) is 8.37. The second kappa shape index (κ2) is 9.61. The lowest BCUT2D eigenvalue weighted by Gasteiger charge is -2.13. The van der Waals surface area contributed by atoms with E-state index in [1.807, 2.05) is 20.8 Å². The topological polar surface area (TPSA) is 122 Å². The lowest BCUT2D eigenvalue weighted by molar-refractivity contribution is -0.117. The van der Waals surface area contributed by atoms with Crippen LogP contribution in [0.25, 0.3) is 0 Å². The highest BCUT2D eigenvalue weighted by Crippen LogP contribution is 2.24. The average molecular weight is 439 g/mol. The molecule has 0 aliphatic rings. The van der Waals surface area contributed by atoms with E-state index in [9.17, 15) is 14.0 Å². The van der Waals surface area contributed by atoms with Crippen molar-refractivity contribution in [3.05, 3.63) is 71.7 Å². The van der Waals surface area contributed by atoms with Gasteiger partial charge in [0.1, 0.15) is 11.6 Å². The van der Waals surface area contributed by atoms with Crippen molar-refractivity contribution in [1.29, 1.82) is 0 Å². The van der Waals surface area contributed by atoms with Gasteiger partial charge in [0.25, 0.3) is 0 Å². The van der Waals surface area contributed by atoms with Crippen LogP contribution in [0.2, 0.25) is 0 Å². The third-order valence-corrected chi connectivity index (χ3v) is 4.64. The van der Waals surface area contributed by atoms with Gasteiger partial charge in [-0.2, -0.15) is 0 Å². The number of aromatic nitrogens is 1. The second-order valence-electron chi connectivity index (χ2n) is 8.37. The Bertz CT molecular complexity index is 1090. The zero-order valence-corrected chi connectivity index (χ0v) is 18.1. The molecule has 0 aliphatic carbocycles. The summed E-state index contributed by atoms with van der Waals surface area (Å²) in [5, 5.41) is 11.8. The summed E-state index contributed by atoms with van der Waals surface area (Å²) in [5.74, 6) is 0.123. The maximum Gasteiger partial charge on any atom is 0.324 e. The molecule has 0 saturated heterocycles. The first-order chi connectivity index (χ1) is 15.1. The Labute approximate surface area is 185 Å². The number of carbonyl (C=O) groups is 2. The number of hydrogen-bond donors (Lipinski definition) is 4. The number of amides is 3. The molecule has 3 rings (SSSR count). The maximum absolute atomic E-state index is 13.7. The summed E-state index contributed by atoms with van der Waals surface area (Å²) in [6.07, 6.45) is 0.0806. The standard InChI is InChI=1S/C23H26FN5O3/c1-23(2,3)19-13-20(29-32-19)28-22(31)27-16-10-8-15(9-11-16)26-21(30)18(25)12-14-6-4-5-7-17(14)24/h4-11,13,18H,12,25H2,1-3H3,(H,26,30)(H2,27,28,29,31). The van der Waals surface area contributed by atoms with Crippen molar-refractivity contribution in [2.45, 2.75) is 38.6 Å². The summed E-state index contributed by atoms with van der Waals surface area (Å²) < 4.78 is 19.0. The molecule has 3 amide bonds. The van der Waals surface area contributed by atoms with Crippen molar-refractivity contribution in [2.75, 3.05) is 16.0 Å². The highest BCUT2D eigenvalue weighted by Gasteiger charge is 2.20. The first kappa shape index (κ1) is 23.0. The minimum Gasteiger partial charge on any atom is -0.359 e. The fourth-order valence-electron chi connectivity index (χ4n) is 2.83. The number of carbonyl (C=O) groups excluding carboxylic acids is 2. The van der Waals surface area contributed by atoms with Gasteiger partial charge < -0.3 is 20.9 Å². The SMILES string of the molecule is CC(C)(C)c1cc(NC(=O)Nc2ccc(NC(=O)C(N)Cc3ccccc3F)cc2)no1. The molecular formula is C23H26FN5O3. The molecule has 168 valence electrons. The van der Waals surface area contributed by atoms with Crippen LogP contribution in [0.4, 0.5) is 26.4 Å². The van der Waals surface area contributed by atoms with Gasteiger partial charge in [0.05, 0.1) is 6.04 Å². The van der Waals surface area contributed by atoms with Gasteiger partial charge >= 0.3 is 6.03 Å². The largest absolute Gasteiger partial charge is 0.359 e. The molecular weight excluding hydrogens is 413 g/mol. The highest BCUT2D eigenvalue weighted by atomic mass is 19.1. The zero-order chi connectivity index (χ0) is 23.3. The summed E-state index contributed by atoms with van der Waals surface area (Å²) in [7, 11) is 0. The van der Waals surface area contributed by atoms with Gasteiger partial charge in [-0.05, 0) is 42.3 Å². The van der Waals surface area contributed by atoms with Crippen LogP contribution in [0.1, 0.15) is 32.1 Å². The van der Waals surface area contributed by atoms with Crippen molar-refractivity contribution in [3.8, 4) is 0 Å². The van der Waals surface area contributed by atoms with E-state index < -0.39 is 23.8 Å². The molecule has 1 aromatic heterocycles. The molecule has 8 nitrogen and oxygen atoms in total. The van der Waals surface area contributed by atoms with Crippen molar-refractivity contribution in [3.63, 3.8) is 0 Å². The normalized spacial score (nSPS) is 12.2. The monoisotopic (exact) mass is 439 g/mol. The summed E-state index contributed by atoms with van der Waals surface area (Å²) >= 11 is 0. The Kier molecular flexibility index (Phi) is 6.89. The fraction of sp³-hybridized carbons (Fsp3) is 0.261. The van der Waals surface area contributed by atoms with E-state index in [0.717, 1.165) is 0 Å². The van der Waals surface area contributed by atoms with Gasteiger partial charge in [-0.15, -0.1) is 0 Å². The Hall–Kier alpha value is -3.72. The van der Waals surface area contributed by atoms with E-state index in [1.54, 1.807) is 48.5 Å². The number of nitrogens with two attached hydrogens (primary N) is 1. The van der Waals surface area contributed by atoms with E-state index in [2.05, 4.69) is 21.1 Å². The summed E-state index contributed by atoms with van der Waals surface area (Å²) in [4.78, 5) is 24.5. The molecule has 5 N–H and O–H groups in total. The van der Waals surface area contributed by atoms with Crippen LogP contribution < -0.4 is 21.7 Å². The van der Waals surface area contributed by atoms with E-state index in [1.165, 1.54) is 6.07 Å². The lowest BCUT2D eigenvalue weighted by Crippen LogP contribution is -2.37. The van der Waals surface area contributed by atoms with Crippen LogP contribution in [0.3, 0.4) is 0 Å². The third kappa shape index (κ3) is 6.14. The molecule has 0 aliphatic heterocycles. The van der Waals surface area contributed by atoms with Gasteiger partial charge in [0, 0.05) is 22.9 Å². The van der Waals surface area contributed by atoms with Crippen molar-refractivity contribution in [2.24, 2.45) is 5.73 Å². The van der Waals surface area contributed by atoms with E-state index in [0.29, 0.717) is 28.5 Å². The Balaban J connectivity index is 1.52. The predicted octanol–water partition coefficient (Wildman–Crippen LogP) is 4.26. The molecule has 3 aromatic rings. The molecule has 1 unspecified atom stereocenters. The number of urea groups is 1. The minimum atomic E-state index is -0.907. The van der Waals surface area contributed by atoms with E-state index in [4.69, 9.17) is 10.3 Å². The first-order valence-corrected chi connectivity index (χ1v) is 10.1. The molecule has 32 heavy (non-hydrogen) atoms. The van der Waals surface area contributed by atoms with Crippen LogP contribution in [0.5, 0.6) is 0 Å². The number of rotatable bonds is 6. The Morgan fingerprint density at radius 2 is 1.66 bits per heavy atom. The lowest BCUT2D eigenvalue weighted by atomic mass is 9.93. The zero-order valence-electron chi connectivity index (χ0n) is 18.1. The van der Waals surface area contributed by atoms with Gasteiger partial charge in [-0.25, -0.2) is 9.18 Å². The Morgan fingerprint density at radius 3 is 2.25 bits per heavy atom. The molecule has 0 bridgehead atoms. The minimum absolute atomic E-state index is 0.0806. The predicted molar refractivity (Wildman–Crippen MR) is 121 cm³/mol. The summed E-state index contributed by atoms with van der Waals surface area (Å²) in [6, 6.07) is 13.0. The van der Waals surface area contributed by atoms with Crippen molar-refractivity contribution >= 4 is 29.1 Å². The number of nitrogens with one attached hydrogen (secondary N) is 3. The molecule has 0 fully saturated rings. The van der Waals surface area contributed by atoms with Crippen LogP contribution in [-0.4, -0.2) is 23.1 Å². The smallest absolute Gasteiger partial charge is 0.324 e. The van der Waals surface area contributed by atoms with Gasteiger partial charge in [-0.3, -0.25) is 10.1 Å². The Morgan fingerprint density at radius 1 is 1.03 bits per heavy atom. The summed E-state index contributed by atoms with van der Waals surface area (Å²) in [5.41, 5.74) is 7.07. The fourth-order valence-corrected chi connectivity index (χ4v) is 2.83. The van der Waals surface area contributed by atoms with Gasteiger partial charge in [-0.1, -0.05) is 44.1 Å². The van der Waals surface area contributed by atoms with Crippen LogP contribution in [0, 0.1) is 5.82 Å². The van der Waals surface area contributed by atoms with Crippen molar-refractivity contribution in [1.82, 2.24) is 5.16 Å². The maximum atomic E-state index is 13.7. The molecule has 0 spiro atoms. The van der Waals surface area contributed by atoms with Crippen LogP contribution in [0.15, 0.2) is 59.1 Å². The van der Waals surface area contributed by atoms with Crippen molar-refractivity contribution < 1.29 is 18.5 Å². The molecule has 1 heterocycles. The van der Waals surface area contributed by atoms with Gasteiger partial charge in [0.2, 0.25) is 5.91 Å². The number of benzene rings is 2.